The molecule has 3 heterocycles. The summed E-state index contributed by atoms with van der Waals surface area (Å²) in [5.41, 5.74) is 1.93. The van der Waals surface area contributed by atoms with E-state index in [2.05, 4.69) is 0 Å². The largest absolute Gasteiger partial charge is 0.352 e. The monoisotopic (exact) mass is 330 g/mol. The van der Waals surface area contributed by atoms with E-state index in [1.807, 2.05) is 18.5 Å². The highest BCUT2D eigenvalue weighted by atomic mass is 35.5. The molecule has 0 saturated carbocycles. The van der Waals surface area contributed by atoms with Crippen molar-refractivity contribution >= 4 is 33.0 Å². The molecule has 2 aromatic rings. The topological polar surface area (TPSA) is 42.3 Å². The second-order valence-corrected chi connectivity index (χ2v) is 8.08. The van der Waals surface area contributed by atoms with Crippen molar-refractivity contribution in [2.75, 3.05) is 6.54 Å². The Balaban J connectivity index is 1.92. The van der Waals surface area contributed by atoms with Gasteiger partial charge in [-0.2, -0.15) is 4.31 Å². The average Bonchev–Trinajstić information content (AvgIpc) is 3.03. The Kier molecular flexibility index (Phi) is 3.66. The normalized spacial score (nSPS) is 16.3. The SMILES string of the molecule is Cn1cc(S(=O)(=O)N2CCc3sccc3C2)cc1CCl. The summed E-state index contributed by atoms with van der Waals surface area (Å²) in [5.74, 6) is 0.306. The molecule has 0 spiro atoms. The molecule has 1 aliphatic rings. The lowest BCUT2D eigenvalue weighted by Gasteiger charge is -2.25. The van der Waals surface area contributed by atoms with Crippen LogP contribution >= 0.6 is 22.9 Å². The number of rotatable bonds is 3. The van der Waals surface area contributed by atoms with Gasteiger partial charge in [-0.1, -0.05) is 0 Å². The Morgan fingerprint density at radius 1 is 1.45 bits per heavy atom. The molecule has 0 atom stereocenters. The van der Waals surface area contributed by atoms with Gasteiger partial charge >= 0.3 is 0 Å². The minimum absolute atomic E-state index is 0.306. The molecular formula is C13H15ClN2O2S2. The minimum Gasteiger partial charge on any atom is -0.352 e. The van der Waals surface area contributed by atoms with Crippen LogP contribution < -0.4 is 0 Å². The van der Waals surface area contributed by atoms with E-state index in [-0.39, 0.29) is 0 Å². The van der Waals surface area contributed by atoms with Gasteiger partial charge in [0.25, 0.3) is 0 Å². The summed E-state index contributed by atoms with van der Waals surface area (Å²) in [6.45, 7) is 1.01. The summed E-state index contributed by atoms with van der Waals surface area (Å²) in [6.07, 6.45) is 2.43. The third-order valence-corrected chi connectivity index (χ3v) is 6.74. The highest BCUT2D eigenvalue weighted by Crippen LogP contribution is 2.28. The summed E-state index contributed by atoms with van der Waals surface area (Å²) in [6, 6.07) is 3.67. The smallest absolute Gasteiger partial charge is 0.244 e. The Labute approximate surface area is 127 Å². The van der Waals surface area contributed by atoms with Gasteiger partial charge in [-0.15, -0.1) is 22.9 Å². The fraction of sp³-hybridized carbons (Fsp3) is 0.385. The van der Waals surface area contributed by atoms with Crippen LogP contribution in [0, 0.1) is 0 Å². The van der Waals surface area contributed by atoms with E-state index in [1.165, 1.54) is 4.88 Å². The summed E-state index contributed by atoms with van der Waals surface area (Å²) in [4.78, 5) is 1.63. The number of hydrogen-bond donors (Lipinski definition) is 0. The molecule has 0 radical (unpaired) electrons. The van der Waals surface area contributed by atoms with Gasteiger partial charge in [0.1, 0.15) is 4.90 Å². The van der Waals surface area contributed by atoms with E-state index in [4.69, 9.17) is 11.6 Å². The molecule has 0 N–H and O–H groups in total. The predicted molar refractivity (Wildman–Crippen MR) is 80.6 cm³/mol. The first-order chi connectivity index (χ1) is 9.52. The van der Waals surface area contributed by atoms with Crippen LogP contribution in [0.25, 0.3) is 0 Å². The zero-order valence-electron chi connectivity index (χ0n) is 11.0. The third kappa shape index (κ3) is 2.30. The van der Waals surface area contributed by atoms with Crippen LogP contribution in [0.3, 0.4) is 0 Å². The molecule has 4 nitrogen and oxygen atoms in total. The molecule has 20 heavy (non-hydrogen) atoms. The van der Waals surface area contributed by atoms with Gasteiger partial charge in [-0.05, 0) is 29.5 Å². The standard InChI is InChI=1S/C13H15ClN2O2S2/c1-15-9-12(6-11(15)7-14)20(17,18)16-4-2-13-10(8-16)3-5-19-13/h3,5-6,9H,2,4,7-8H2,1H3. The molecule has 0 fully saturated rings. The van der Waals surface area contributed by atoms with Gasteiger partial charge < -0.3 is 4.57 Å². The van der Waals surface area contributed by atoms with Crippen LogP contribution in [0.5, 0.6) is 0 Å². The second-order valence-electron chi connectivity index (χ2n) is 4.87. The number of hydrogen-bond acceptors (Lipinski definition) is 3. The van der Waals surface area contributed by atoms with Crippen LogP contribution in [-0.2, 0) is 35.9 Å². The molecule has 0 bridgehead atoms. The number of thiophene rings is 1. The van der Waals surface area contributed by atoms with E-state index in [0.29, 0.717) is 23.9 Å². The Morgan fingerprint density at radius 3 is 2.95 bits per heavy atom. The number of halogens is 1. The van der Waals surface area contributed by atoms with Gasteiger partial charge in [-0.3, -0.25) is 0 Å². The van der Waals surface area contributed by atoms with Crippen molar-refractivity contribution < 1.29 is 8.42 Å². The lowest BCUT2D eigenvalue weighted by molar-refractivity contribution is 0.394. The lowest BCUT2D eigenvalue weighted by Crippen LogP contribution is -2.35. The summed E-state index contributed by atoms with van der Waals surface area (Å²) >= 11 is 7.51. The summed E-state index contributed by atoms with van der Waals surface area (Å²) < 4.78 is 28.7. The third-order valence-electron chi connectivity index (χ3n) is 3.63. The number of sulfonamides is 1. The molecule has 0 aromatic carbocycles. The van der Waals surface area contributed by atoms with Crippen LogP contribution in [0.15, 0.2) is 28.6 Å². The van der Waals surface area contributed by atoms with Crippen molar-refractivity contribution in [1.82, 2.24) is 8.87 Å². The average molecular weight is 331 g/mol. The van der Waals surface area contributed by atoms with Crippen LogP contribution in [-0.4, -0.2) is 23.8 Å². The number of nitrogens with zero attached hydrogens (tertiary/aromatic N) is 2. The van der Waals surface area contributed by atoms with Crippen molar-refractivity contribution in [2.45, 2.75) is 23.7 Å². The maximum absolute atomic E-state index is 12.7. The van der Waals surface area contributed by atoms with Crippen LogP contribution in [0.1, 0.15) is 16.1 Å². The molecule has 2 aromatic heterocycles. The fourth-order valence-corrected chi connectivity index (χ4v) is 5.10. The van der Waals surface area contributed by atoms with Gasteiger partial charge in [0.15, 0.2) is 0 Å². The number of fused-ring (bicyclic) bond motifs is 1. The van der Waals surface area contributed by atoms with Gasteiger partial charge in [0, 0.05) is 36.9 Å². The Hall–Kier alpha value is -0.820. The van der Waals surface area contributed by atoms with Gasteiger partial charge in [0.05, 0.1) is 5.88 Å². The van der Waals surface area contributed by atoms with Gasteiger partial charge in [-0.25, -0.2) is 8.42 Å². The number of alkyl halides is 1. The van der Waals surface area contributed by atoms with Crippen molar-refractivity contribution in [3.05, 3.63) is 39.8 Å². The highest BCUT2D eigenvalue weighted by molar-refractivity contribution is 7.89. The van der Waals surface area contributed by atoms with Crippen molar-refractivity contribution in [1.29, 1.82) is 0 Å². The molecule has 0 aliphatic carbocycles. The van der Waals surface area contributed by atoms with E-state index >= 15 is 0 Å². The van der Waals surface area contributed by atoms with E-state index < -0.39 is 10.0 Å². The zero-order valence-corrected chi connectivity index (χ0v) is 13.4. The first-order valence-electron chi connectivity index (χ1n) is 6.29. The van der Waals surface area contributed by atoms with Crippen molar-refractivity contribution in [3.8, 4) is 0 Å². The Morgan fingerprint density at radius 2 is 2.25 bits per heavy atom. The maximum Gasteiger partial charge on any atom is 0.244 e. The van der Waals surface area contributed by atoms with Crippen molar-refractivity contribution in [3.63, 3.8) is 0 Å². The first kappa shape index (κ1) is 14.1. The quantitative estimate of drug-likeness (QED) is 0.812. The van der Waals surface area contributed by atoms with Gasteiger partial charge in [0.2, 0.25) is 10.0 Å². The summed E-state index contributed by atoms with van der Waals surface area (Å²) in [7, 11) is -1.63. The summed E-state index contributed by atoms with van der Waals surface area (Å²) in [5, 5.41) is 2.02. The van der Waals surface area contributed by atoms with Crippen molar-refractivity contribution in [2.24, 2.45) is 7.05 Å². The van der Waals surface area contributed by atoms with E-state index in [1.54, 1.807) is 32.5 Å². The van der Waals surface area contributed by atoms with Crippen LogP contribution in [0.2, 0.25) is 0 Å². The maximum atomic E-state index is 12.7. The molecule has 108 valence electrons. The second kappa shape index (κ2) is 5.18. The minimum atomic E-state index is -3.44. The van der Waals surface area contributed by atoms with E-state index in [9.17, 15) is 8.42 Å². The molecule has 3 rings (SSSR count). The molecule has 0 saturated heterocycles. The van der Waals surface area contributed by atoms with Crippen LogP contribution in [0.4, 0.5) is 0 Å². The number of aromatic nitrogens is 1. The molecule has 0 amide bonds. The van der Waals surface area contributed by atoms with E-state index in [0.717, 1.165) is 17.7 Å². The molecule has 1 aliphatic heterocycles. The predicted octanol–water partition coefficient (Wildman–Crippen LogP) is 2.57. The Bertz CT molecular complexity index is 733. The number of aryl methyl sites for hydroxylation is 1. The highest BCUT2D eigenvalue weighted by Gasteiger charge is 2.29. The first-order valence-corrected chi connectivity index (χ1v) is 9.14. The lowest BCUT2D eigenvalue weighted by atomic mass is 10.1. The molecular weight excluding hydrogens is 316 g/mol. The fourth-order valence-electron chi connectivity index (χ4n) is 2.43. The molecule has 0 unspecified atom stereocenters. The molecule has 7 heteroatoms. The zero-order chi connectivity index (χ0) is 14.3.